The molecule has 0 saturated carbocycles. The van der Waals surface area contributed by atoms with Crippen LogP contribution < -0.4 is 0 Å². The van der Waals surface area contributed by atoms with E-state index in [0.717, 1.165) is 23.6 Å². The van der Waals surface area contributed by atoms with E-state index in [1.165, 1.54) is 12.8 Å². The second-order valence-electron chi connectivity index (χ2n) is 1.82. The molecule has 0 unspecified atom stereocenters. The standard InChI is InChI=1S/C4H11NOSi/c7-6-5-3-1-2-4-5/h1-4H2,7H3. The summed E-state index contributed by atoms with van der Waals surface area (Å²) in [6.07, 6.45) is 2.64. The molecule has 2 nitrogen and oxygen atoms in total. The fourth-order valence-corrected chi connectivity index (χ4v) is 1.24. The van der Waals surface area contributed by atoms with Gasteiger partial charge in [-0.1, -0.05) is 0 Å². The number of hydrogen-bond acceptors (Lipinski definition) is 2. The lowest BCUT2D eigenvalue weighted by Crippen LogP contribution is -2.17. The van der Waals surface area contributed by atoms with E-state index in [4.69, 9.17) is 4.53 Å². The Kier molecular flexibility index (Phi) is 1.84. The molecule has 1 saturated heterocycles. The zero-order valence-corrected chi connectivity index (χ0v) is 6.68. The SMILES string of the molecule is [SiH3]ON1CCCC1. The lowest BCUT2D eigenvalue weighted by atomic mass is 10.4. The first-order valence-corrected chi connectivity index (χ1v) is 3.54. The monoisotopic (exact) mass is 117 g/mol. The van der Waals surface area contributed by atoms with Crippen molar-refractivity contribution in [2.24, 2.45) is 0 Å². The molecule has 3 heteroatoms. The minimum absolute atomic E-state index is 0.857. The molecular weight excluding hydrogens is 106 g/mol. The lowest BCUT2D eigenvalue weighted by Gasteiger charge is -2.09. The molecular formula is C4H11NOSi. The summed E-state index contributed by atoms with van der Waals surface area (Å²) in [6, 6.07) is 0. The van der Waals surface area contributed by atoms with Crippen LogP contribution in [0.5, 0.6) is 0 Å². The van der Waals surface area contributed by atoms with E-state index in [2.05, 4.69) is 0 Å². The number of hydroxylamine groups is 2. The van der Waals surface area contributed by atoms with E-state index in [0.29, 0.717) is 0 Å². The first-order valence-electron chi connectivity index (χ1n) is 2.72. The molecule has 0 aromatic carbocycles. The molecule has 1 rings (SSSR count). The van der Waals surface area contributed by atoms with Crippen LogP contribution in [0.15, 0.2) is 0 Å². The average molecular weight is 117 g/mol. The van der Waals surface area contributed by atoms with Gasteiger partial charge in [-0.3, -0.25) is 0 Å². The first-order chi connectivity index (χ1) is 3.43. The third kappa shape index (κ3) is 1.26. The van der Waals surface area contributed by atoms with Crippen molar-refractivity contribution in [3.05, 3.63) is 0 Å². The van der Waals surface area contributed by atoms with Crippen LogP contribution in [0.1, 0.15) is 12.8 Å². The van der Waals surface area contributed by atoms with E-state index in [1.54, 1.807) is 0 Å². The van der Waals surface area contributed by atoms with Crippen molar-refractivity contribution < 1.29 is 4.53 Å². The minimum atomic E-state index is 0.857. The highest BCUT2D eigenvalue weighted by atomic mass is 28.2. The van der Waals surface area contributed by atoms with Crippen molar-refractivity contribution in [1.29, 1.82) is 0 Å². The van der Waals surface area contributed by atoms with Crippen molar-refractivity contribution in [3.8, 4) is 0 Å². The van der Waals surface area contributed by atoms with Crippen LogP contribution in [-0.2, 0) is 4.53 Å². The van der Waals surface area contributed by atoms with Crippen LogP contribution in [0.2, 0.25) is 0 Å². The molecule has 1 fully saturated rings. The number of nitrogens with zero attached hydrogens (tertiary/aromatic N) is 1. The molecule has 0 aromatic heterocycles. The lowest BCUT2D eigenvalue weighted by molar-refractivity contribution is -0.0262. The van der Waals surface area contributed by atoms with Gasteiger partial charge in [-0.15, -0.1) is 0 Å². The summed E-state index contributed by atoms with van der Waals surface area (Å²) in [5.74, 6) is 0. The minimum Gasteiger partial charge on any atom is -0.355 e. The maximum absolute atomic E-state index is 5.08. The van der Waals surface area contributed by atoms with Gasteiger partial charge in [0.15, 0.2) is 10.5 Å². The third-order valence-electron chi connectivity index (χ3n) is 1.32. The Morgan fingerprint density at radius 3 is 2.14 bits per heavy atom. The highest BCUT2D eigenvalue weighted by Gasteiger charge is 2.07. The Morgan fingerprint density at radius 1 is 1.29 bits per heavy atom. The molecule has 1 aliphatic rings. The van der Waals surface area contributed by atoms with Crippen molar-refractivity contribution >= 4 is 10.5 Å². The van der Waals surface area contributed by atoms with Gasteiger partial charge in [0.05, 0.1) is 0 Å². The second-order valence-corrected chi connectivity index (χ2v) is 2.18. The van der Waals surface area contributed by atoms with Crippen molar-refractivity contribution in [2.75, 3.05) is 13.1 Å². The van der Waals surface area contributed by atoms with E-state index >= 15 is 0 Å². The van der Waals surface area contributed by atoms with Gasteiger partial charge in [0.1, 0.15) is 0 Å². The summed E-state index contributed by atoms with van der Waals surface area (Å²) in [6.45, 7) is 2.31. The van der Waals surface area contributed by atoms with Crippen molar-refractivity contribution in [1.82, 2.24) is 5.06 Å². The predicted molar refractivity (Wildman–Crippen MR) is 31.8 cm³/mol. The van der Waals surface area contributed by atoms with Crippen LogP contribution in [0.25, 0.3) is 0 Å². The maximum Gasteiger partial charge on any atom is 0.175 e. The van der Waals surface area contributed by atoms with Crippen LogP contribution in [0.4, 0.5) is 0 Å². The molecule has 0 aliphatic carbocycles. The first kappa shape index (κ1) is 5.28. The van der Waals surface area contributed by atoms with E-state index in [1.807, 2.05) is 5.06 Å². The normalized spacial score (nSPS) is 24.0. The van der Waals surface area contributed by atoms with Gasteiger partial charge in [-0.25, -0.2) is 5.06 Å². The Hall–Kier alpha value is 0.137. The predicted octanol–water partition coefficient (Wildman–Crippen LogP) is -0.706. The molecule has 1 aliphatic heterocycles. The zero-order chi connectivity index (χ0) is 5.11. The van der Waals surface area contributed by atoms with Gasteiger partial charge in [-0.05, 0) is 12.8 Å². The van der Waals surface area contributed by atoms with Gasteiger partial charge in [0.25, 0.3) is 0 Å². The van der Waals surface area contributed by atoms with E-state index in [9.17, 15) is 0 Å². The summed E-state index contributed by atoms with van der Waals surface area (Å²) in [4.78, 5) is 0. The highest BCUT2D eigenvalue weighted by Crippen LogP contribution is 2.04. The molecule has 7 heavy (non-hydrogen) atoms. The Labute approximate surface area is 47.0 Å². The van der Waals surface area contributed by atoms with Crippen LogP contribution >= 0.6 is 0 Å². The molecule has 0 spiro atoms. The summed E-state index contributed by atoms with van der Waals surface area (Å²) in [7, 11) is 0.857. The number of rotatable bonds is 1. The summed E-state index contributed by atoms with van der Waals surface area (Å²) >= 11 is 0. The Morgan fingerprint density at radius 2 is 1.86 bits per heavy atom. The third-order valence-corrected chi connectivity index (χ3v) is 1.84. The van der Waals surface area contributed by atoms with Gasteiger partial charge < -0.3 is 4.53 Å². The van der Waals surface area contributed by atoms with Crippen LogP contribution in [0.3, 0.4) is 0 Å². The molecule has 0 N–H and O–H groups in total. The van der Waals surface area contributed by atoms with Crippen molar-refractivity contribution in [3.63, 3.8) is 0 Å². The fraction of sp³-hybridized carbons (Fsp3) is 1.00. The average Bonchev–Trinajstić information content (AvgIpc) is 2.14. The molecule has 0 aromatic rings. The topological polar surface area (TPSA) is 12.5 Å². The summed E-state index contributed by atoms with van der Waals surface area (Å²) < 4.78 is 5.08. The highest BCUT2D eigenvalue weighted by molar-refractivity contribution is 5.97. The smallest absolute Gasteiger partial charge is 0.175 e. The second kappa shape index (κ2) is 2.45. The van der Waals surface area contributed by atoms with Gasteiger partial charge in [0, 0.05) is 13.1 Å². The maximum atomic E-state index is 5.08. The zero-order valence-electron chi connectivity index (χ0n) is 4.68. The Balaban J connectivity index is 2.14. The molecule has 0 radical (unpaired) electrons. The van der Waals surface area contributed by atoms with Crippen molar-refractivity contribution in [2.45, 2.75) is 12.8 Å². The fourth-order valence-electron chi connectivity index (χ4n) is 0.871. The molecule has 0 atom stereocenters. The molecule has 42 valence electrons. The number of hydrogen-bond donors (Lipinski definition) is 0. The van der Waals surface area contributed by atoms with E-state index in [-0.39, 0.29) is 0 Å². The van der Waals surface area contributed by atoms with Gasteiger partial charge in [-0.2, -0.15) is 0 Å². The van der Waals surface area contributed by atoms with E-state index < -0.39 is 0 Å². The molecule has 1 heterocycles. The quantitative estimate of drug-likeness (QED) is 0.421. The van der Waals surface area contributed by atoms with Gasteiger partial charge in [0.2, 0.25) is 0 Å². The summed E-state index contributed by atoms with van der Waals surface area (Å²) in [5.41, 5.74) is 0. The largest absolute Gasteiger partial charge is 0.355 e. The molecule has 0 bridgehead atoms. The molecule has 0 amide bonds. The summed E-state index contributed by atoms with van der Waals surface area (Å²) in [5, 5.41) is 2.05. The van der Waals surface area contributed by atoms with Crippen LogP contribution in [-0.4, -0.2) is 28.6 Å². The Bertz CT molecular complexity index is 53.7. The van der Waals surface area contributed by atoms with Gasteiger partial charge >= 0.3 is 0 Å². The van der Waals surface area contributed by atoms with Crippen LogP contribution in [0, 0.1) is 0 Å².